The highest BCUT2D eigenvalue weighted by atomic mass is 16.6. The highest BCUT2D eigenvalue weighted by Gasteiger charge is 2.18. The first kappa shape index (κ1) is 22.4. The van der Waals surface area contributed by atoms with Crippen molar-refractivity contribution in [3.05, 3.63) is 0 Å². The van der Waals surface area contributed by atoms with Crippen LogP contribution in [0.15, 0.2) is 5.16 Å². The Labute approximate surface area is 147 Å². The zero-order chi connectivity index (χ0) is 19.1. The van der Waals surface area contributed by atoms with Gasteiger partial charge in [-0.25, -0.2) is 0 Å². The molecule has 0 heterocycles. The molecule has 25 heavy (non-hydrogen) atoms. The summed E-state index contributed by atoms with van der Waals surface area (Å²) in [6.45, 7) is 3.76. The van der Waals surface area contributed by atoms with Crippen LogP contribution in [0.2, 0.25) is 0 Å². The molecule has 0 aromatic rings. The number of carbonyl (C=O) groups excluding carboxylic acids is 4. The molecule has 0 saturated carbocycles. The van der Waals surface area contributed by atoms with Gasteiger partial charge in [0.1, 0.15) is 6.04 Å². The maximum absolute atomic E-state index is 11.7. The number of nitrogens with zero attached hydrogens (tertiary/aromatic N) is 1. The minimum absolute atomic E-state index is 0.0620. The first-order valence-corrected chi connectivity index (χ1v) is 8.06. The second kappa shape index (κ2) is 13.8. The van der Waals surface area contributed by atoms with Gasteiger partial charge >= 0.3 is 0 Å². The van der Waals surface area contributed by atoms with Gasteiger partial charge in [-0.3, -0.25) is 19.2 Å². The molecule has 10 heteroatoms. The number of rotatable bonds is 12. The van der Waals surface area contributed by atoms with Crippen molar-refractivity contribution in [2.75, 3.05) is 26.7 Å². The van der Waals surface area contributed by atoms with Gasteiger partial charge in [-0.1, -0.05) is 12.1 Å². The van der Waals surface area contributed by atoms with Gasteiger partial charge < -0.3 is 26.1 Å². The number of oxime groups is 1. The largest absolute Gasteiger partial charge is 0.386 e. The Morgan fingerprint density at radius 1 is 1.16 bits per heavy atom. The third kappa shape index (κ3) is 12.4. The molecule has 0 saturated heterocycles. The first-order chi connectivity index (χ1) is 11.9. The number of amides is 4. The van der Waals surface area contributed by atoms with Gasteiger partial charge in [-0.2, -0.15) is 0 Å². The number of nitrogens with one attached hydrogen (secondary N) is 4. The van der Waals surface area contributed by atoms with Crippen LogP contribution in [0.4, 0.5) is 0 Å². The van der Waals surface area contributed by atoms with Crippen molar-refractivity contribution in [1.82, 2.24) is 21.3 Å². The second-order valence-electron chi connectivity index (χ2n) is 5.12. The predicted octanol–water partition coefficient (Wildman–Crippen LogP) is -1.34. The molecule has 0 fully saturated rings. The van der Waals surface area contributed by atoms with Crippen LogP contribution >= 0.6 is 0 Å². The van der Waals surface area contributed by atoms with Crippen LogP contribution in [0.25, 0.3) is 0 Å². The summed E-state index contributed by atoms with van der Waals surface area (Å²) in [5.41, 5.74) is 0. The minimum atomic E-state index is -0.758. The standard InChI is InChI=1S/C15H27N5O5/c1-4-7-17-14(23)10-25-19-9-8-18-13(22)6-5-12(15(24)16-3)20-11(2)21/h9,12H,4-8,10H2,1-3H3,(H,16,24)(H,17,23)(H,18,22)(H,20,21)/b19-9-/t12-/m0/s1. The normalized spacial score (nSPS) is 11.5. The van der Waals surface area contributed by atoms with Crippen LogP contribution in [0, 0.1) is 0 Å². The maximum atomic E-state index is 11.7. The molecular weight excluding hydrogens is 330 g/mol. The van der Waals surface area contributed by atoms with E-state index in [1.807, 2.05) is 6.92 Å². The summed E-state index contributed by atoms with van der Waals surface area (Å²) < 4.78 is 0. The van der Waals surface area contributed by atoms with E-state index >= 15 is 0 Å². The SMILES string of the molecule is CCCNC(=O)CO/N=C\CNC(=O)CC[C@H](NC(C)=O)C(=O)NC. The minimum Gasteiger partial charge on any atom is -0.386 e. The lowest BCUT2D eigenvalue weighted by atomic mass is 10.1. The number of hydrogen-bond donors (Lipinski definition) is 4. The van der Waals surface area contributed by atoms with Gasteiger partial charge in [0.2, 0.25) is 17.7 Å². The number of likely N-dealkylation sites (N-methyl/N-ethyl adjacent to an activating group) is 1. The van der Waals surface area contributed by atoms with Crippen molar-refractivity contribution in [1.29, 1.82) is 0 Å². The van der Waals surface area contributed by atoms with Crippen LogP contribution in [0.1, 0.15) is 33.1 Å². The smallest absolute Gasteiger partial charge is 0.260 e. The van der Waals surface area contributed by atoms with Crippen molar-refractivity contribution >= 4 is 29.8 Å². The fourth-order valence-electron chi connectivity index (χ4n) is 1.71. The Kier molecular flexibility index (Phi) is 12.3. The summed E-state index contributed by atoms with van der Waals surface area (Å²) in [6, 6.07) is -0.758. The van der Waals surface area contributed by atoms with E-state index in [9.17, 15) is 19.2 Å². The van der Waals surface area contributed by atoms with Gasteiger partial charge in [0.25, 0.3) is 5.91 Å². The predicted molar refractivity (Wildman–Crippen MR) is 91.7 cm³/mol. The molecule has 4 N–H and O–H groups in total. The topological polar surface area (TPSA) is 138 Å². The van der Waals surface area contributed by atoms with E-state index in [0.29, 0.717) is 6.54 Å². The molecule has 0 aliphatic heterocycles. The maximum Gasteiger partial charge on any atom is 0.260 e. The van der Waals surface area contributed by atoms with Crippen LogP contribution in [0.5, 0.6) is 0 Å². The van der Waals surface area contributed by atoms with Crippen molar-refractivity contribution in [3.63, 3.8) is 0 Å². The molecule has 4 amide bonds. The quantitative estimate of drug-likeness (QED) is 0.253. The molecular formula is C15H27N5O5. The average molecular weight is 357 g/mol. The molecule has 142 valence electrons. The van der Waals surface area contributed by atoms with Gasteiger partial charge in [0.15, 0.2) is 6.61 Å². The molecule has 0 unspecified atom stereocenters. The van der Waals surface area contributed by atoms with Gasteiger partial charge in [0, 0.05) is 26.9 Å². The highest BCUT2D eigenvalue weighted by Crippen LogP contribution is 1.98. The summed E-state index contributed by atoms with van der Waals surface area (Å²) >= 11 is 0. The molecule has 0 aromatic heterocycles. The van der Waals surface area contributed by atoms with E-state index in [2.05, 4.69) is 26.4 Å². The Morgan fingerprint density at radius 3 is 2.48 bits per heavy atom. The summed E-state index contributed by atoms with van der Waals surface area (Å²) in [7, 11) is 1.45. The third-order valence-corrected chi connectivity index (χ3v) is 2.91. The lowest BCUT2D eigenvalue weighted by Crippen LogP contribution is -2.45. The van der Waals surface area contributed by atoms with Crippen molar-refractivity contribution < 1.29 is 24.0 Å². The number of hydrogen-bond acceptors (Lipinski definition) is 6. The van der Waals surface area contributed by atoms with Gasteiger partial charge in [-0.15, -0.1) is 0 Å². The fourth-order valence-corrected chi connectivity index (χ4v) is 1.71. The Bertz CT molecular complexity index is 481. The van der Waals surface area contributed by atoms with Crippen LogP contribution in [-0.4, -0.2) is 62.6 Å². The van der Waals surface area contributed by atoms with Crippen molar-refractivity contribution in [2.45, 2.75) is 39.2 Å². The van der Waals surface area contributed by atoms with Gasteiger partial charge in [0.05, 0.1) is 12.8 Å². The summed E-state index contributed by atoms with van der Waals surface area (Å²) in [5, 5.41) is 13.6. The van der Waals surface area contributed by atoms with Crippen LogP contribution in [-0.2, 0) is 24.0 Å². The van der Waals surface area contributed by atoms with E-state index in [-0.39, 0.29) is 49.6 Å². The Morgan fingerprint density at radius 2 is 1.88 bits per heavy atom. The summed E-state index contributed by atoms with van der Waals surface area (Å²) in [6.07, 6.45) is 2.39. The lowest BCUT2D eigenvalue weighted by molar-refractivity contribution is -0.128. The van der Waals surface area contributed by atoms with E-state index < -0.39 is 6.04 Å². The Balaban J connectivity index is 3.94. The summed E-state index contributed by atoms with van der Waals surface area (Å²) in [5.74, 6) is -1.27. The third-order valence-electron chi connectivity index (χ3n) is 2.91. The molecule has 0 aliphatic carbocycles. The zero-order valence-corrected chi connectivity index (χ0v) is 14.9. The molecule has 10 nitrogen and oxygen atoms in total. The summed E-state index contributed by atoms with van der Waals surface area (Å²) in [4.78, 5) is 50.3. The molecule has 0 aliphatic rings. The Hall–Kier alpha value is -2.65. The highest BCUT2D eigenvalue weighted by molar-refractivity contribution is 5.87. The average Bonchev–Trinajstić information content (AvgIpc) is 2.58. The van der Waals surface area contributed by atoms with E-state index in [0.717, 1.165) is 6.42 Å². The first-order valence-electron chi connectivity index (χ1n) is 8.06. The molecule has 0 spiro atoms. The monoisotopic (exact) mass is 357 g/mol. The zero-order valence-electron chi connectivity index (χ0n) is 14.9. The fraction of sp³-hybridized carbons (Fsp3) is 0.667. The molecule has 0 rings (SSSR count). The van der Waals surface area contributed by atoms with Crippen LogP contribution in [0.3, 0.4) is 0 Å². The van der Waals surface area contributed by atoms with Crippen molar-refractivity contribution in [3.8, 4) is 0 Å². The lowest BCUT2D eigenvalue weighted by Gasteiger charge is -2.15. The molecule has 0 bridgehead atoms. The van der Waals surface area contributed by atoms with E-state index in [1.165, 1.54) is 20.2 Å². The van der Waals surface area contributed by atoms with Crippen molar-refractivity contribution in [2.24, 2.45) is 5.16 Å². The second-order valence-corrected chi connectivity index (χ2v) is 5.12. The van der Waals surface area contributed by atoms with E-state index in [1.54, 1.807) is 0 Å². The number of carbonyl (C=O) groups is 4. The molecule has 1 atom stereocenters. The van der Waals surface area contributed by atoms with Gasteiger partial charge in [-0.05, 0) is 12.8 Å². The molecule has 0 aromatic carbocycles. The van der Waals surface area contributed by atoms with E-state index in [4.69, 9.17) is 4.84 Å². The molecule has 0 radical (unpaired) electrons. The van der Waals surface area contributed by atoms with Crippen LogP contribution < -0.4 is 21.3 Å².